The molecule has 0 bridgehead atoms. The Morgan fingerprint density at radius 2 is 1.95 bits per heavy atom. The number of rotatable bonds is 5. The molecule has 0 amide bonds. The Balaban J connectivity index is 1.88. The smallest absolute Gasteiger partial charge is 0.309 e. The summed E-state index contributed by atoms with van der Waals surface area (Å²) in [6, 6.07) is 5.64. The first-order chi connectivity index (χ1) is 17.9. The van der Waals surface area contributed by atoms with E-state index in [0.717, 1.165) is 43.4 Å². The van der Waals surface area contributed by atoms with Gasteiger partial charge in [-0.05, 0) is 62.8 Å². The molecule has 0 radical (unpaired) electrons. The van der Waals surface area contributed by atoms with E-state index in [9.17, 15) is 19.8 Å². The number of carbonyl (C=O) groups excluding carboxylic acids is 2. The highest BCUT2D eigenvalue weighted by atomic mass is 16.6. The number of ether oxygens (including phenoxy) is 2. The molecule has 1 aromatic heterocycles. The quantitative estimate of drug-likeness (QED) is 0.395. The number of cyclic esters (lactones) is 1. The lowest BCUT2D eigenvalue weighted by atomic mass is 9.71. The third kappa shape index (κ3) is 7.51. The Morgan fingerprint density at radius 1 is 1.21 bits per heavy atom. The van der Waals surface area contributed by atoms with Crippen LogP contribution in [0.3, 0.4) is 0 Å². The van der Waals surface area contributed by atoms with Crippen molar-refractivity contribution in [3.63, 3.8) is 0 Å². The van der Waals surface area contributed by atoms with E-state index in [1.54, 1.807) is 20.0 Å². The number of hydrogen-bond acceptors (Lipinski definition) is 7. The van der Waals surface area contributed by atoms with Gasteiger partial charge < -0.3 is 19.7 Å². The summed E-state index contributed by atoms with van der Waals surface area (Å²) in [4.78, 5) is 31.2. The second-order valence-corrected chi connectivity index (χ2v) is 12.2. The number of fused-ring (bicyclic) bond motifs is 1. The summed E-state index contributed by atoms with van der Waals surface area (Å²) in [6.07, 6.45) is 5.95. The molecule has 1 aromatic rings. The van der Waals surface area contributed by atoms with Crippen molar-refractivity contribution in [3.05, 3.63) is 35.7 Å². The zero-order valence-electron chi connectivity index (χ0n) is 24.0. The van der Waals surface area contributed by atoms with Crippen LogP contribution in [0.2, 0.25) is 0 Å². The van der Waals surface area contributed by atoms with Crippen LogP contribution in [0.15, 0.2) is 30.0 Å². The maximum atomic E-state index is 13.7. The van der Waals surface area contributed by atoms with Crippen molar-refractivity contribution < 1.29 is 29.3 Å². The van der Waals surface area contributed by atoms with Crippen molar-refractivity contribution in [2.24, 2.45) is 17.3 Å². The number of unbranched alkanes of at least 4 members (excludes halogenated alkanes) is 1. The SMILES string of the molecule is CCCC[C@H]1C(=O)C(C)(C)[C@@H](O)CC(=O)O[C@H](/C(C)=C/c2ccccn2)C[C@@H]2O[C@]2(C)CCC[C@H](C)[C@@H]1O. The summed E-state index contributed by atoms with van der Waals surface area (Å²) in [5, 5.41) is 22.3. The number of ketones is 1. The van der Waals surface area contributed by atoms with Crippen LogP contribution in [0, 0.1) is 17.3 Å². The van der Waals surface area contributed by atoms with Crippen LogP contribution in [-0.2, 0) is 19.1 Å². The number of epoxide rings is 1. The number of hydrogen-bond donors (Lipinski definition) is 2. The molecule has 7 nitrogen and oxygen atoms in total. The lowest BCUT2D eigenvalue weighted by molar-refractivity contribution is -0.154. The number of aliphatic hydroxyl groups is 2. The Kier molecular flexibility index (Phi) is 10.3. The number of aliphatic hydroxyl groups excluding tert-OH is 2. The van der Waals surface area contributed by atoms with E-state index in [1.807, 2.05) is 38.1 Å². The molecule has 7 atom stereocenters. The summed E-state index contributed by atoms with van der Waals surface area (Å²) in [5.74, 6) is -1.41. The molecule has 3 rings (SSSR count). The molecule has 3 heterocycles. The maximum Gasteiger partial charge on any atom is 0.309 e. The Morgan fingerprint density at radius 3 is 2.61 bits per heavy atom. The van der Waals surface area contributed by atoms with Gasteiger partial charge in [0.25, 0.3) is 0 Å². The molecule has 2 fully saturated rings. The number of aromatic nitrogens is 1. The third-order valence-corrected chi connectivity index (χ3v) is 8.67. The first-order valence-electron chi connectivity index (χ1n) is 14.3. The van der Waals surface area contributed by atoms with Gasteiger partial charge >= 0.3 is 5.97 Å². The zero-order chi connectivity index (χ0) is 28.1. The van der Waals surface area contributed by atoms with Gasteiger partial charge in [-0.15, -0.1) is 0 Å². The van der Waals surface area contributed by atoms with Gasteiger partial charge in [0, 0.05) is 18.5 Å². The van der Waals surface area contributed by atoms with Crippen molar-refractivity contribution in [1.29, 1.82) is 0 Å². The van der Waals surface area contributed by atoms with Crippen LogP contribution in [0.4, 0.5) is 0 Å². The number of nitrogens with zero attached hydrogens (tertiary/aromatic N) is 1. The van der Waals surface area contributed by atoms with E-state index in [1.165, 1.54) is 0 Å². The van der Waals surface area contributed by atoms with Gasteiger partial charge in [-0.1, -0.05) is 53.0 Å². The summed E-state index contributed by atoms with van der Waals surface area (Å²) >= 11 is 0. The third-order valence-electron chi connectivity index (χ3n) is 8.67. The van der Waals surface area contributed by atoms with Gasteiger partial charge in [0.15, 0.2) is 0 Å². The molecule has 0 saturated carbocycles. The largest absolute Gasteiger partial charge is 0.458 e. The van der Waals surface area contributed by atoms with Crippen molar-refractivity contribution in [2.45, 2.75) is 123 Å². The van der Waals surface area contributed by atoms with Crippen molar-refractivity contribution in [2.75, 3.05) is 0 Å². The minimum Gasteiger partial charge on any atom is -0.458 e. The van der Waals surface area contributed by atoms with Crippen LogP contribution in [0.25, 0.3) is 6.08 Å². The Bertz CT molecular complexity index is 976. The second kappa shape index (κ2) is 12.8. The average Bonchev–Trinajstić information content (AvgIpc) is 3.51. The van der Waals surface area contributed by atoms with E-state index in [4.69, 9.17) is 9.47 Å². The fraction of sp³-hybridized carbons (Fsp3) is 0.710. The van der Waals surface area contributed by atoms with E-state index < -0.39 is 35.6 Å². The van der Waals surface area contributed by atoms with Gasteiger partial charge in [0.1, 0.15) is 11.9 Å². The van der Waals surface area contributed by atoms with Gasteiger partial charge in [-0.3, -0.25) is 14.6 Å². The highest BCUT2D eigenvalue weighted by molar-refractivity contribution is 5.88. The average molecular weight is 530 g/mol. The fourth-order valence-electron chi connectivity index (χ4n) is 5.60. The topological polar surface area (TPSA) is 109 Å². The highest BCUT2D eigenvalue weighted by Crippen LogP contribution is 2.45. The van der Waals surface area contributed by atoms with Crippen molar-refractivity contribution >= 4 is 17.8 Å². The highest BCUT2D eigenvalue weighted by Gasteiger charge is 2.53. The van der Waals surface area contributed by atoms with Gasteiger partial charge in [-0.2, -0.15) is 0 Å². The molecule has 38 heavy (non-hydrogen) atoms. The summed E-state index contributed by atoms with van der Waals surface area (Å²) in [5.41, 5.74) is 0.0977. The second-order valence-electron chi connectivity index (χ2n) is 12.2. The minimum absolute atomic E-state index is 0.0548. The van der Waals surface area contributed by atoms with Gasteiger partial charge in [0.2, 0.25) is 0 Å². The molecule has 2 saturated heterocycles. The van der Waals surface area contributed by atoms with E-state index in [0.29, 0.717) is 12.8 Å². The Hall–Kier alpha value is -2.09. The zero-order valence-corrected chi connectivity index (χ0v) is 24.0. The molecular formula is C31H47NO6. The summed E-state index contributed by atoms with van der Waals surface area (Å²) < 4.78 is 12.0. The van der Waals surface area contributed by atoms with Crippen LogP contribution in [-0.4, -0.2) is 57.0 Å². The first-order valence-corrected chi connectivity index (χ1v) is 14.3. The van der Waals surface area contributed by atoms with E-state index in [2.05, 4.69) is 18.8 Å². The minimum atomic E-state index is -1.23. The number of carbonyl (C=O) groups is 2. The lowest BCUT2D eigenvalue weighted by Gasteiger charge is -2.36. The van der Waals surface area contributed by atoms with Crippen molar-refractivity contribution in [1.82, 2.24) is 4.98 Å². The molecule has 0 aliphatic carbocycles. The molecule has 0 unspecified atom stereocenters. The summed E-state index contributed by atoms with van der Waals surface area (Å²) in [7, 11) is 0. The van der Waals surface area contributed by atoms with Crippen LogP contribution in [0.1, 0.15) is 98.6 Å². The predicted octanol–water partition coefficient (Wildman–Crippen LogP) is 5.28. The van der Waals surface area contributed by atoms with Gasteiger partial charge in [0.05, 0.1) is 41.4 Å². The van der Waals surface area contributed by atoms with Crippen LogP contribution < -0.4 is 0 Å². The molecule has 7 heteroatoms. The molecular weight excluding hydrogens is 482 g/mol. The van der Waals surface area contributed by atoms with E-state index >= 15 is 0 Å². The fourth-order valence-corrected chi connectivity index (χ4v) is 5.60. The standard InChI is InChI=1S/C31H47NO6/c1-7-8-14-23-28(35)20(2)12-11-15-31(6)26(38-31)18-24(21(3)17-22-13-9-10-16-32-22)37-27(34)19-25(33)30(4,5)29(23)36/h9-10,13,16-17,20,23-26,28,33,35H,7-8,11-12,14-15,18-19H2,1-6H3/b21-17+/t20-,23+,24-,25-,26-,28-,31+/m0/s1. The lowest BCUT2D eigenvalue weighted by Crippen LogP contribution is -2.46. The van der Waals surface area contributed by atoms with Crippen LogP contribution in [0.5, 0.6) is 0 Å². The number of Topliss-reactive ketones (excluding diaryl/α,β-unsaturated/α-hetero) is 1. The monoisotopic (exact) mass is 529 g/mol. The molecule has 2 N–H and O–H groups in total. The van der Waals surface area contributed by atoms with Crippen LogP contribution >= 0.6 is 0 Å². The Labute approximate surface area is 228 Å². The van der Waals surface area contributed by atoms with E-state index in [-0.39, 0.29) is 29.8 Å². The normalized spacial score (nSPS) is 35.3. The summed E-state index contributed by atoms with van der Waals surface area (Å²) in [6.45, 7) is 11.4. The van der Waals surface area contributed by atoms with Crippen molar-refractivity contribution in [3.8, 4) is 0 Å². The molecule has 2 aliphatic rings. The first kappa shape index (κ1) is 30.5. The molecule has 0 spiro atoms. The van der Waals surface area contributed by atoms with Gasteiger partial charge in [-0.25, -0.2) is 0 Å². The molecule has 212 valence electrons. The molecule has 2 aliphatic heterocycles. The predicted molar refractivity (Wildman–Crippen MR) is 147 cm³/mol. The maximum absolute atomic E-state index is 13.7. The number of pyridine rings is 1. The molecule has 0 aromatic carbocycles. The number of esters is 1.